The first-order chi connectivity index (χ1) is 14.6. The lowest BCUT2D eigenvalue weighted by Gasteiger charge is -2.41. The summed E-state index contributed by atoms with van der Waals surface area (Å²) in [5.41, 5.74) is 1.78. The van der Waals surface area contributed by atoms with Crippen molar-refractivity contribution in [2.75, 3.05) is 46.6 Å². The zero-order valence-corrected chi connectivity index (χ0v) is 17.5. The van der Waals surface area contributed by atoms with E-state index in [4.69, 9.17) is 14.6 Å². The number of nitrogens with zero attached hydrogens (tertiary/aromatic N) is 2. The number of ether oxygens (including phenoxy) is 2. The Balaban J connectivity index is 1.62. The number of hydrogen-bond acceptors (Lipinski definition) is 6. The van der Waals surface area contributed by atoms with Gasteiger partial charge in [0.05, 0.1) is 13.7 Å². The smallest absolute Gasteiger partial charge is 0.131 e. The number of benzene rings is 2. The lowest BCUT2D eigenvalue weighted by atomic mass is 10.1. The molecule has 0 spiro atoms. The highest BCUT2D eigenvalue weighted by atomic mass is 19.1. The van der Waals surface area contributed by atoms with E-state index in [9.17, 15) is 9.50 Å². The molecule has 164 valence electrons. The summed E-state index contributed by atoms with van der Waals surface area (Å²) in [6.45, 7) is 4.14. The maximum Gasteiger partial charge on any atom is 0.131 e. The largest absolute Gasteiger partial charge is 0.497 e. The van der Waals surface area contributed by atoms with Gasteiger partial charge in [0.25, 0.3) is 0 Å². The van der Waals surface area contributed by atoms with Crippen LogP contribution in [0.5, 0.6) is 11.5 Å². The van der Waals surface area contributed by atoms with Gasteiger partial charge < -0.3 is 19.7 Å². The standard InChI is InChI=1S/C23H31FN2O4/c1-29-21-6-5-19(23(24)14-21)16-26-9-8-25(17-20(26)7-10-27)15-18-3-2-4-22(13-18)30-12-11-28/h2-6,13-14,20,27-28H,7-12,15-17H2,1H3/t20-/m1/s1. The summed E-state index contributed by atoms with van der Waals surface area (Å²) in [4.78, 5) is 4.60. The molecule has 2 N–H and O–H groups in total. The van der Waals surface area contributed by atoms with E-state index in [0.29, 0.717) is 24.3 Å². The minimum atomic E-state index is -0.265. The van der Waals surface area contributed by atoms with Crippen molar-refractivity contribution < 1.29 is 24.1 Å². The molecular formula is C23H31FN2O4. The third-order valence-electron chi connectivity index (χ3n) is 5.45. The number of aliphatic hydroxyl groups is 2. The fourth-order valence-electron chi connectivity index (χ4n) is 3.89. The van der Waals surface area contributed by atoms with Crippen molar-refractivity contribution in [1.82, 2.24) is 9.80 Å². The summed E-state index contributed by atoms with van der Waals surface area (Å²) in [6, 6.07) is 13.0. The van der Waals surface area contributed by atoms with Gasteiger partial charge in [-0.15, -0.1) is 0 Å². The average Bonchev–Trinajstić information content (AvgIpc) is 2.75. The lowest BCUT2D eigenvalue weighted by molar-refractivity contribution is 0.0492. The summed E-state index contributed by atoms with van der Waals surface area (Å²) < 4.78 is 25.0. The van der Waals surface area contributed by atoms with Crippen molar-refractivity contribution >= 4 is 0 Å². The van der Waals surface area contributed by atoms with Crippen molar-refractivity contribution in [3.05, 3.63) is 59.4 Å². The van der Waals surface area contributed by atoms with Crippen LogP contribution in [0.1, 0.15) is 17.5 Å². The van der Waals surface area contributed by atoms with Gasteiger partial charge in [0.15, 0.2) is 0 Å². The van der Waals surface area contributed by atoms with Crippen LogP contribution >= 0.6 is 0 Å². The fraction of sp³-hybridized carbons (Fsp3) is 0.478. The monoisotopic (exact) mass is 418 g/mol. The summed E-state index contributed by atoms with van der Waals surface area (Å²) in [6.07, 6.45) is 0.647. The molecule has 2 aromatic carbocycles. The molecule has 6 nitrogen and oxygen atoms in total. The number of rotatable bonds is 10. The van der Waals surface area contributed by atoms with Crippen LogP contribution < -0.4 is 9.47 Å². The maximum absolute atomic E-state index is 14.4. The molecule has 1 fully saturated rings. The summed E-state index contributed by atoms with van der Waals surface area (Å²) >= 11 is 0. The van der Waals surface area contributed by atoms with Crippen molar-refractivity contribution in [3.63, 3.8) is 0 Å². The number of halogens is 1. The van der Waals surface area contributed by atoms with Crippen molar-refractivity contribution in [2.45, 2.75) is 25.6 Å². The molecule has 1 aliphatic heterocycles. The molecule has 1 atom stereocenters. The SMILES string of the molecule is COc1ccc(CN2CCN(Cc3cccc(OCCO)c3)C[C@H]2CCO)c(F)c1. The molecule has 0 amide bonds. The Bertz CT molecular complexity index is 805. The number of aliphatic hydroxyl groups excluding tert-OH is 2. The fourth-order valence-corrected chi connectivity index (χ4v) is 3.89. The molecule has 30 heavy (non-hydrogen) atoms. The quantitative estimate of drug-likeness (QED) is 0.617. The Labute approximate surface area is 177 Å². The van der Waals surface area contributed by atoms with Crippen LogP contribution in [-0.4, -0.2) is 72.6 Å². The van der Waals surface area contributed by atoms with E-state index < -0.39 is 0 Å². The number of piperazine rings is 1. The normalized spacial score (nSPS) is 17.8. The second kappa shape index (κ2) is 11.3. The van der Waals surface area contributed by atoms with Gasteiger partial charge in [0.1, 0.15) is 23.9 Å². The lowest BCUT2D eigenvalue weighted by Crippen LogP contribution is -2.52. The highest BCUT2D eigenvalue weighted by molar-refractivity contribution is 5.29. The van der Waals surface area contributed by atoms with Crippen LogP contribution in [0.3, 0.4) is 0 Å². The summed E-state index contributed by atoms with van der Waals surface area (Å²) in [7, 11) is 1.53. The maximum atomic E-state index is 14.4. The van der Waals surface area contributed by atoms with Gasteiger partial charge in [-0.25, -0.2) is 4.39 Å². The van der Waals surface area contributed by atoms with Crippen molar-refractivity contribution in [3.8, 4) is 11.5 Å². The third kappa shape index (κ3) is 6.15. The zero-order valence-electron chi connectivity index (χ0n) is 17.5. The van der Waals surface area contributed by atoms with Gasteiger partial charge >= 0.3 is 0 Å². The van der Waals surface area contributed by atoms with Crippen LogP contribution in [0.25, 0.3) is 0 Å². The Morgan fingerprint density at radius 3 is 2.63 bits per heavy atom. The Morgan fingerprint density at radius 2 is 1.90 bits per heavy atom. The molecule has 0 aromatic heterocycles. The Hall–Kier alpha value is -2.19. The van der Waals surface area contributed by atoms with Crippen molar-refractivity contribution in [2.24, 2.45) is 0 Å². The van der Waals surface area contributed by atoms with Gasteiger partial charge in [-0.2, -0.15) is 0 Å². The average molecular weight is 419 g/mol. The van der Waals surface area contributed by atoms with E-state index in [1.54, 1.807) is 12.1 Å². The predicted octanol–water partition coefficient (Wildman–Crippen LogP) is 2.27. The van der Waals surface area contributed by atoms with Crippen LogP contribution in [0, 0.1) is 5.82 Å². The van der Waals surface area contributed by atoms with Crippen LogP contribution in [-0.2, 0) is 13.1 Å². The third-order valence-corrected chi connectivity index (χ3v) is 5.45. The molecular weight excluding hydrogens is 387 g/mol. The highest BCUT2D eigenvalue weighted by Gasteiger charge is 2.27. The number of methoxy groups -OCH3 is 1. The molecule has 0 aliphatic carbocycles. The summed E-state index contributed by atoms with van der Waals surface area (Å²) in [5, 5.41) is 18.5. The first-order valence-electron chi connectivity index (χ1n) is 10.3. The molecule has 7 heteroatoms. The predicted molar refractivity (Wildman–Crippen MR) is 113 cm³/mol. The van der Waals surface area contributed by atoms with Crippen LogP contribution in [0.15, 0.2) is 42.5 Å². The Morgan fingerprint density at radius 1 is 1.03 bits per heavy atom. The van der Waals surface area contributed by atoms with Crippen molar-refractivity contribution in [1.29, 1.82) is 0 Å². The van der Waals surface area contributed by atoms with Gasteiger partial charge in [-0.05, 0) is 30.2 Å². The summed E-state index contributed by atoms with van der Waals surface area (Å²) in [5.74, 6) is 1.000. The van der Waals surface area contributed by atoms with E-state index in [-0.39, 0.29) is 31.7 Å². The second-order valence-electron chi connectivity index (χ2n) is 7.55. The molecule has 1 aliphatic rings. The molecule has 3 rings (SSSR count). The van der Waals surface area contributed by atoms with E-state index in [2.05, 4.69) is 15.9 Å². The topological polar surface area (TPSA) is 65.4 Å². The van der Waals surface area contributed by atoms with Gasteiger partial charge in [-0.3, -0.25) is 9.80 Å². The first-order valence-corrected chi connectivity index (χ1v) is 10.3. The van der Waals surface area contributed by atoms with Gasteiger partial charge in [-0.1, -0.05) is 18.2 Å². The molecule has 2 aromatic rings. The minimum absolute atomic E-state index is 0.0101. The second-order valence-corrected chi connectivity index (χ2v) is 7.55. The molecule has 0 saturated carbocycles. The molecule has 0 bridgehead atoms. The number of hydrogen-bond donors (Lipinski definition) is 2. The molecule has 1 saturated heterocycles. The van der Waals surface area contributed by atoms with Crippen LogP contribution in [0.4, 0.5) is 4.39 Å². The first kappa shape index (κ1) is 22.5. The molecule has 0 unspecified atom stereocenters. The highest BCUT2D eigenvalue weighted by Crippen LogP contribution is 2.23. The molecule has 1 heterocycles. The zero-order chi connectivity index (χ0) is 21.3. The van der Waals surface area contributed by atoms with Gasteiger partial charge in [0.2, 0.25) is 0 Å². The van der Waals surface area contributed by atoms with E-state index >= 15 is 0 Å². The van der Waals surface area contributed by atoms with E-state index in [1.807, 2.05) is 18.2 Å². The van der Waals surface area contributed by atoms with E-state index in [1.165, 1.54) is 13.2 Å². The molecule has 0 radical (unpaired) electrons. The van der Waals surface area contributed by atoms with Gasteiger partial charge in [0, 0.05) is 57.0 Å². The minimum Gasteiger partial charge on any atom is -0.497 e. The van der Waals surface area contributed by atoms with E-state index in [0.717, 1.165) is 37.5 Å². The van der Waals surface area contributed by atoms with Crippen LogP contribution in [0.2, 0.25) is 0 Å². The Kier molecular flexibility index (Phi) is 8.45.